The summed E-state index contributed by atoms with van der Waals surface area (Å²) in [6, 6.07) is 1.52. The highest BCUT2D eigenvalue weighted by molar-refractivity contribution is 7.89. The molecular weight excluding hydrogens is 310 g/mol. The lowest BCUT2D eigenvalue weighted by Crippen LogP contribution is -2.33. The molecule has 21 heavy (non-hydrogen) atoms. The van der Waals surface area contributed by atoms with Crippen LogP contribution in [0.3, 0.4) is 0 Å². The lowest BCUT2D eigenvalue weighted by molar-refractivity contribution is 0.0783. The van der Waals surface area contributed by atoms with Crippen LogP contribution in [-0.4, -0.2) is 63.8 Å². The number of sulfonamides is 1. The van der Waals surface area contributed by atoms with E-state index < -0.39 is 10.0 Å². The summed E-state index contributed by atoms with van der Waals surface area (Å²) >= 11 is 1.20. The highest BCUT2D eigenvalue weighted by Crippen LogP contribution is 2.31. The normalized spacial score (nSPS) is 25.6. The van der Waals surface area contributed by atoms with Crippen molar-refractivity contribution in [1.29, 1.82) is 0 Å². The molecule has 0 bridgehead atoms. The van der Waals surface area contributed by atoms with Gasteiger partial charge in [-0.2, -0.15) is 0 Å². The van der Waals surface area contributed by atoms with E-state index in [2.05, 4.69) is 5.32 Å². The smallest absolute Gasteiger partial charge is 0.265 e. The van der Waals surface area contributed by atoms with Gasteiger partial charge >= 0.3 is 0 Å². The molecule has 2 aliphatic heterocycles. The van der Waals surface area contributed by atoms with Crippen molar-refractivity contribution < 1.29 is 13.2 Å². The number of hydrogen-bond acceptors (Lipinski definition) is 5. The third kappa shape index (κ3) is 2.50. The van der Waals surface area contributed by atoms with Crippen LogP contribution in [0.5, 0.6) is 0 Å². The second-order valence-corrected chi connectivity index (χ2v) is 8.83. The van der Waals surface area contributed by atoms with Gasteiger partial charge in [0, 0.05) is 40.3 Å². The first-order chi connectivity index (χ1) is 9.91. The minimum absolute atomic E-state index is 0.123. The first-order valence-corrected chi connectivity index (χ1v) is 9.23. The Hall–Kier alpha value is -0.960. The molecule has 0 radical (unpaired) electrons. The van der Waals surface area contributed by atoms with Gasteiger partial charge in [0.1, 0.15) is 9.77 Å². The van der Waals surface area contributed by atoms with Crippen LogP contribution in [0.1, 0.15) is 9.67 Å². The van der Waals surface area contributed by atoms with E-state index in [1.54, 1.807) is 10.3 Å². The Morgan fingerprint density at radius 2 is 1.95 bits per heavy atom. The summed E-state index contributed by atoms with van der Waals surface area (Å²) in [6.07, 6.45) is 0. The van der Waals surface area contributed by atoms with Crippen LogP contribution in [0.2, 0.25) is 0 Å². The van der Waals surface area contributed by atoms with Gasteiger partial charge in [0.15, 0.2) is 0 Å². The minimum Gasteiger partial charge on any atom is -0.337 e. The third-order valence-electron chi connectivity index (χ3n) is 4.26. The summed E-state index contributed by atoms with van der Waals surface area (Å²) in [5, 5.41) is 5.00. The van der Waals surface area contributed by atoms with Gasteiger partial charge in [-0.15, -0.1) is 11.3 Å². The summed E-state index contributed by atoms with van der Waals surface area (Å²) in [6.45, 7) is 3.33. The third-order valence-corrected chi connectivity index (χ3v) is 7.15. The van der Waals surface area contributed by atoms with E-state index in [-0.39, 0.29) is 10.8 Å². The molecule has 1 aromatic heterocycles. The zero-order valence-corrected chi connectivity index (χ0v) is 13.7. The highest BCUT2D eigenvalue weighted by Gasteiger charge is 2.39. The molecule has 2 aliphatic rings. The lowest BCUT2D eigenvalue weighted by atomic mass is 10.0. The SMILES string of the molecule is CN(C)S(=O)(=O)c1ccsc1C(=O)N1C[C@H]2CNC[C@H]2C1. The second kappa shape index (κ2) is 5.35. The number of likely N-dealkylation sites (tertiary alicyclic amines) is 1. The van der Waals surface area contributed by atoms with Crippen molar-refractivity contribution in [2.24, 2.45) is 11.8 Å². The average molecular weight is 329 g/mol. The number of thiophene rings is 1. The van der Waals surface area contributed by atoms with Crippen LogP contribution in [0.15, 0.2) is 16.3 Å². The number of rotatable bonds is 3. The average Bonchev–Trinajstić information content (AvgIpc) is 3.12. The molecule has 1 amide bonds. The number of fused-ring (bicyclic) bond motifs is 1. The van der Waals surface area contributed by atoms with Crippen LogP contribution in [-0.2, 0) is 10.0 Å². The zero-order chi connectivity index (χ0) is 15.2. The first kappa shape index (κ1) is 15.0. The molecule has 0 unspecified atom stereocenters. The summed E-state index contributed by atoms with van der Waals surface area (Å²) < 4.78 is 25.7. The van der Waals surface area contributed by atoms with Crippen molar-refractivity contribution in [3.8, 4) is 0 Å². The Kier molecular flexibility index (Phi) is 3.81. The lowest BCUT2D eigenvalue weighted by Gasteiger charge is -2.18. The number of nitrogens with zero attached hydrogens (tertiary/aromatic N) is 2. The predicted molar refractivity (Wildman–Crippen MR) is 80.9 cm³/mol. The number of hydrogen-bond donors (Lipinski definition) is 1. The molecule has 1 N–H and O–H groups in total. The molecule has 2 fully saturated rings. The van der Waals surface area contributed by atoms with Crippen molar-refractivity contribution in [2.45, 2.75) is 4.90 Å². The van der Waals surface area contributed by atoms with Crippen LogP contribution in [0, 0.1) is 11.8 Å². The Morgan fingerprint density at radius 3 is 2.52 bits per heavy atom. The van der Waals surface area contributed by atoms with Gasteiger partial charge in [-0.3, -0.25) is 4.79 Å². The standard InChI is InChI=1S/C13H19N3O3S2/c1-15(2)21(18,19)11-3-4-20-12(11)13(17)16-7-9-5-14-6-10(9)8-16/h3-4,9-10,14H,5-8H2,1-2H3/t9-,10+. The van der Waals surface area contributed by atoms with E-state index in [0.29, 0.717) is 16.7 Å². The molecule has 0 saturated carbocycles. The van der Waals surface area contributed by atoms with Gasteiger partial charge in [0.25, 0.3) is 5.91 Å². The Bertz CT molecular complexity index is 641. The molecule has 2 saturated heterocycles. The highest BCUT2D eigenvalue weighted by atomic mass is 32.2. The van der Waals surface area contributed by atoms with E-state index in [1.807, 2.05) is 0 Å². The fourth-order valence-corrected chi connectivity index (χ4v) is 5.27. The maximum absolute atomic E-state index is 12.7. The van der Waals surface area contributed by atoms with Crippen molar-refractivity contribution in [3.05, 3.63) is 16.3 Å². The molecule has 6 nitrogen and oxygen atoms in total. The van der Waals surface area contributed by atoms with Crippen LogP contribution in [0.4, 0.5) is 0 Å². The van der Waals surface area contributed by atoms with E-state index >= 15 is 0 Å². The quantitative estimate of drug-likeness (QED) is 0.865. The number of amides is 1. The monoisotopic (exact) mass is 329 g/mol. The molecule has 116 valence electrons. The van der Waals surface area contributed by atoms with Gasteiger partial charge in [-0.05, 0) is 23.3 Å². The predicted octanol–water partition coefficient (Wildman–Crippen LogP) is 0.290. The Morgan fingerprint density at radius 1 is 1.33 bits per heavy atom. The minimum atomic E-state index is -3.57. The van der Waals surface area contributed by atoms with E-state index in [4.69, 9.17) is 0 Å². The molecular formula is C13H19N3O3S2. The van der Waals surface area contributed by atoms with Crippen LogP contribution in [0.25, 0.3) is 0 Å². The van der Waals surface area contributed by atoms with Crippen molar-refractivity contribution in [2.75, 3.05) is 40.3 Å². The van der Waals surface area contributed by atoms with E-state index in [1.165, 1.54) is 31.5 Å². The van der Waals surface area contributed by atoms with E-state index in [0.717, 1.165) is 30.5 Å². The molecule has 0 spiro atoms. The number of carbonyl (C=O) groups excluding carboxylic acids is 1. The molecule has 0 aliphatic carbocycles. The summed E-state index contributed by atoms with van der Waals surface area (Å²) in [4.78, 5) is 14.9. The molecule has 8 heteroatoms. The number of nitrogens with one attached hydrogen (secondary N) is 1. The maximum atomic E-state index is 12.7. The van der Waals surface area contributed by atoms with Gasteiger partial charge in [0.2, 0.25) is 10.0 Å². The molecule has 3 rings (SSSR count). The summed E-state index contributed by atoms with van der Waals surface area (Å²) in [5.74, 6) is 0.852. The zero-order valence-electron chi connectivity index (χ0n) is 12.1. The van der Waals surface area contributed by atoms with Gasteiger partial charge < -0.3 is 10.2 Å². The molecule has 2 atom stereocenters. The van der Waals surface area contributed by atoms with Crippen molar-refractivity contribution in [3.63, 3.8) is 0 Å². The largest absolute Gasteiger partial charge is 0.337 e. The molecule has 1 aromatic rings. The van der Waals surface area contributed by atoms with Gasteiger partial charge in [0.05, 0.1) is 0 Å². The van der Waals surface area contributed by atoms with Crippen LogP contribution < -0.4 is 5.32 Å². The van der Waals surface area contributed by atoms with Gasteiger partial charge in [-0.1, -0.05) is 0 Å². The summed E-state index contributed by atoms with van der Waals surface area (Å²) in [5.41, 5.74) is 0. The number of carbonyl (C=O) groups is 1. The summed E-state index contributed by atoms with van der Waals surface area (Å²) in [7, 11) is -0.615. The molecule has 0 aromatic carbocycles. The Balaban J connectivity index is 1.85. The maximum Gasteiger partial charge on any atom is 0.265 e. The molecule has 3 heterocycles. The topological polar surface area (TPSA) is 69.7 Å². The van der Waals surface area contributed by atoms with Crippen molar-refractivity contribution in [1.82, 2.24) is 14.5 Å². The van der Waals surface area contributed by atoms with E-state index in [9.17, 15) is 13.2 Å². The van der Waals surface area contributed by atoms with Gasteiger partial charge in [-0.25, -0.2) is 12.7 Å². The first-order valence-electron chi connectivity index (χ1n) is 6.91. The fourth-order valence-electron chi connectivity index (χ4n) is 3.02. The second-order valence-electron chi connectivity index (χ2n) is 5.79. The van der Waals surface area contributed by atoms with Crippen molar-refractivity contribution >= 4 is 27.3 Å². The fraction of sp³-hybridized carbons (Fsp3) is 0.615. The Labute approximate surface area is 128 Å². The van der Waals surface area contributed by atoms with Crippen LogP contribution >= 0.6 is 11.3 Å².